The third kappa shape index (κ3) is 6.51. The molecular weight excluding hydrogens is 332 g/mol. The maximum Gasteiger partial charge on any atom is 0.191 e. The van der Waals surface area contributed by atoms with Gasteiger partial charge in [0.15, 0.2) is 15.8 Å². The molecule has 0 bridgehead atoms. The van der Waals surface area contributed by atoms with E-state index in [1.807, 2.05) is 11.8 Å². The third-order valence-electron chi connectivity index (χ3n) is 4.53. The number of nitrogens with one attached hydrogen (secondary N) is 2. The van der Waals surface area contributed by atoms with Gasteiger partial charge in [-0.2, -0.15) is 11.8 Å². The van der Waals surface area contributed by atoms with Crippen LogP contribution in [-0.2, 0) is 9.84 Å². The van der Waals surface area contributed by atoms with Gasteiger partial charge in [0, 0.05) is 37.5 Å². The standard InChI is InChI=1S/C15H30N4O2S2/c1-3-16-15(18-13-4-5-14(12-13)22-2)17-6-7-19-8-10-23(20,21)11-9-19/h13-14H,3-12H2,1-2H3,(H2,16,17,18). The van der Waals surface area contributed by atoms with Crippen molar-refractivity contribution in [3.8, 4) is 0 Å². The minimum absolute atomic E-state index is 0.285. The second-order valence-electron chi connectivity index (χ2n) is 6.27. The molecule has 0 amide bonds. The van der Waals surface area contributed by atoms with Gasteiger partial charge < -0.3 is 10.6 Å². The van der Waals surface area contributed by atoms with E-state index >= 15 is 0 Å². The Balaban J connectivity index is 1.75. The second kappa shape index (κ2) is 9.13. The van der Waals surface area contributed by atoms with Crippen LogP contribution in [0, 0.1) is 0 Å². The summed E-state index contributed by atoms with van der Waals surface area (Å²) >= 11 is 1.96. The molecule has 0 radical (unpaired) electrons. The van der Waals surface area contributed by atoms with Gasteiger partial charge in [-0.3, -0.25) is 9.89 Å². The highest BCUT2D eigenvalue weighted by molar-refractivity contribution is 7.99. The van der Waals surface area contributed by atoms with E-state index in [1.165, 1.54) is 19.3 Å². The smallest absolute Gasteiger partial charge is 0.191 e. The molecular formula is C15H30N4O2S2. The van der Waals surface area contributed by atoms with Gasteiger partial charge in [0.2, 0.25) is 0 Å². The molecule has 0 aromatic heterocycles. The van der Waals surface area contributed by atoms with Gasteiger partial charge in [-0.15, -0.1) is 0 Å². The fraction of sp³-hybridized carbons (Fsp3) is 0.933. The van der Waals surface area contributed by atoms with Crippen molar-refractivity contribution in [3.05, 3.63) is 0 Å². The lowest BCUT2D eigenvalue weighted by atomic mass is 10.2. The van der Waals surface area contributed by atoms with Crippen molar-refractivity contribution in [1.29, 1.82) is 0 Å². The molecule has 1 aliphatic heterocycles. The normalized spacial score (nSPS) is 28.7. The fourth-order valence-electron chi connectivity index (χ4n) is 3.08. The molecule has 1 aliphatic carbocycles. The lowest BCUT2D eigenvalue weighted by molar-refractivity contribution is 0.304. The molecule has 2 N–H and O–H groups in total. The van der Waals surface area contributed by atoms with Gasteiger partial charge in [0.05, 0.1) is 18.1 Å². The van der Waals surface area contributed by atoms with E-state index in [2.05, 4.69) is 33.7 Å². The van der Waals surface area contributed by atoms with Gasteiger partial charge in [-0.05, 0) is 32.4 Å². The Morgan fingerprint density at radius 3 is 2.65 bits per heavy atom. The molecule has 1 heterocycles. The summed E-state index contributed by atoms with van der Waals surface area (Å²) in [6, 6.07) is 0.519. The van der Waals surface area contributed by atoms with Gasteiger partial charge in [0.25, 0.3) is 0 Å². The summed E-state index contributed by atoms with van der Waals surface area (Å²) in [6.07, 6.45) is 5.88. The molecule has 6 nitrogen and oxygen atoms in total. The van der Waals surface area contributed by atoms with E-state index in [9.17, 15) is 8.42 Å². The molecule has 2 rings (SSSR count). The number of sulfone groups is 1. The second-order valence-corrected chi connectivity index (χ2v) is 9.71. The number of hydrogen-bond acceptors (Lipinski definition) is 5. The van der Waals surface area contributed by atoms with Crippen molar-refractivity contribution in [2.75, 3.05) is 50.5 Å². The van der Waals surface area contributed by atoms with Gasteiger partial charge in [0.1, 0.15) is 0 Å². The monoisotopic (exact) mass is 362 g/mol. The molecule has 2 aliphatic rings. The van der Waals surface area contributed by atoms with Crippen molar-refractivity contribution in [1.82, 2.24) is 15.5 Å². The molecule has 23 heavy (non-hydrogen) atoms. The zero-order valence-electron chi connectivity index (χ0n) is 14.3. The van der Waals surface area contributed by atoms with E-state index in [1.54, 1.807) is 0 Å². The minimum Gasteiger partial charge on any atom is -0.357 e. The quantitative estimate of drug-likeness (QED) is 0.531. The largest absolute Gasteiger partial charge is 0.357 e. The summed E-state index contributed by atoms with van der Waals surface area (Å²) in [7, 11) is -2.79. The molecule has 1 saturated heterocycles. The molecule has 2 fully saturated rings. The van der Waals surface area contributed by atoms with Crippen LogP contribution in [-0.4, -0.2) is 81.1 Å². The van der Waals surface area contributed by atoms with Gasteiger partial charge in [-0.1, -0.05) is 0 Å². The molecule has 8 heteroatoms. The Morgan fingerprint density at radius 1 is 1.30 bits per heavy atom. The zero-order chi connectivity index (χ0) is 16.7. The minimum atomic E-state index is -2.79. The van der Waals surface area contributed by atoms with Crippen molar-refractivity contribution < 1.29 is 8.42 Å². The topological polar surface area (TPSA) is 73.8 Å². The average Bonchev–Trinajstić information content (AvgIpc) is 2.97. The van der Waals surface area contributed by atoms with Crippen LogP contribution < -0.4 is 10.6 Å². The maximum atomic E-state index is 11.4. The van der Waals surface area contributed by atoms with Gasteiger partial charge >= 0.3 is 0 Å². The van der Waals surface area contributed by atoms with Crippen molar-refractivity contribution in [2.24, 2.45) is 4.99 Å². The Kier molecular flexibility index (Phi) is 7.49. The number of rotatable bonds is 6. The molecule has 1 saturated carbocycles. The maximum absolute atomic E-state index is 11.4. The molecule has 134 valence electrons. The average molecular weight is 363 g/mol. The number of thioether (sulfide) groups is 1. The van der Waals surface area contributed by atoms with Crippen LogP contribution in [0.4, 0.5) is 0 Å². The predicted octanol–water partition coefficient (Wildman–Crippen LogP) is 0.556. The van der Waals surface area contributed by atoms with Crippen LogP contribution in [0.2, 0.25) is 0 Å². The van der Waals surface area contributed by atoms with Crippen LogP contribution in [0.15, 0.2) is 4.99 Å². The van der Waals surface area contributed by atoms with E-state index in [0.29, 0.717) is 25.7 Å². The molecule has 0 aromatic carbocycles. The molecule has 0 aromatic rings. The first-order valence-electron chi connectivity index (χ1n) is 8.53. The summed E-state index contributed by atoms with van der Waals surface area (Å²) in [5.74, 6) is 1.46. The van der Waals surface area contributed by atoms with Crippen molar-refractivity contribution in [2.45, 2.75) is 37.5 Å². The third-order valence-corrected chi connectivity index (χ3v) is 7.23. The fourth-order valence-corrected chi connectivity index (χ4v) is 5.15. The highest BCUT2D eigenvalue weighted by atomic mass is 32.2. The lowest BCUT2D eigenvalue weighted by Gasteiger charge is -2.26. The summed E-state index contributed by atoms with van der Waals surface area (Å²) in [5.41, 5.74) is 0. The van der Waals surface area contributed by atoms with Crippen LogP contribution in [0.5, 0.6) is 0 Å². The number of guanidine groups is 1. The molecule has 2 atom stereocenters. The van der Waals surface area contributed by atoms with Crippen molar-refractivity contribution >= 4 is 27.6 Å². The van der Waals surface area contributed by atoms with E-state index < -0.39 is 9.84 Å². The summed E-state index contributed by atoms with van der Waals surface area (Å²) < 4.78 is 22.9. The first-order chi connectivity index (χ1) is 11.0. The Morgan fingerprint density at radius 2 is 2.04 bits per heavy atom. The Bertz CT molecular complexity index is 482. The van der Waals surface area contributed by atoms with E-state index in [0.717, 1.165) is 24.3 Å². The predicted molar refractivity (Wildman–Crippen MR) is 99.2 cm³/mol. The molecule has 0 spiro atoms. The van der Waals surface area contributed by atoms with Crippen LogP contribution in [0.1, 0.15) is 26.2 Å². The van der Waals surface area contributed by atoms with Crippen LogP contribution in [0.25, 0.3) is 0 Å². The first kappa shape index (κ1) is 18.9. The van der Waals surface area contributed by atoms with E-state index in [-0.39, 0.29) is 11.5 Å². The Hall–Kier alpha value is -0.470. The van der Waals surface area contributed by atoms with Gasteiger partial charge in [-0.25, -0.2) is 8.42 Å². The Labute approximate surface area is 144 Å². The van der Waals surface area contributed by atoms with Crippen molar-refractivity contribution in [3.63, 3.8) is 0 Å². The number of aliphatic imine (C=N–C) groups is 1. The zero-order valence-corrected chi connectivity index (χ0v) is 15.9. The number of nitrogens with zero attached hydrogens (tertiary/aromatic N) is 2. The highest BCUT2D eigenvalue weighted by Crippen LogP contribution is 2.27. The first-order valence-corrected chi connectivity index (χ1v) is 11.6. The van der Waals surface area contributed by atoms with Crippen LogP contribution >= 0.6 is 11.8 Å². The summed E-state index contributed by atoms with van der Waals surface area (Å²) in [4.78, 5) is 6.84. The molecule has 2 unspecified atom stereocenters. The number of hydrogen-bond donors (Lipinski definition) is 2. The lowest BCUT2D eigenvalue weighted by Crippen LogP contribution is -2.44. The SMILES string of the molecule is CCNC(=NCCN1CCS(=O)(=O)CC1)NC1CCC(SC)C1. The highest BCUT2D eigenvalue weighted by Gasteiger charge is 2.24. The van der Waals surface area contributed by atoms with Crippen LogP contribution in [0.3, 0.4) is 0 Å². The summed E-state index contributed by atoms with van der Waals surface area (Å²) in [6.45, 7) is 5.73. The summed E-state index contributed by atoms with van der Waals surface area (Å²) in [5, 5.41) is 7.62. The van der Waals surface area contributed by atoms with E-state index in [4.69, 9.17) is 0 Å².